The molecule has 0 aliphatic carbocycles. The molecule has 4 rings (SSSR count). The number of alkyl halides is 3. The van der Waals surface area contributed by atoms with Gasteiger partial charge in [0.1, 0.15) is 12.4 Å². The molecular weight excluding hydrogens is 403 g/mol. The molecule has 0 N–H and O–H groups in total. The predicted octanol–water partition coefficient (Wildman–Crippen LogP) is 6.42. The fourth-order valence-electron chi connectivity index (χ4n) is 3.69. The molecule has 160 valence electrons. The molecule has 0 saturated carbocycles. The molecule has 0 fully saturated rings. The topological polar surface area (TPSA) is 31.2 Å². The van der Waals surface area contributed by atoms with E-state index in [2.05, 4.69) is 17.6 Å². The van der Waals surface area contributed by atoms with Crippen molar-refractivity contribution >= 4 is 27.6 Å². The van der Waals surface area contributed by atoms with Crippen molar-refractivity contribution in [3.63, 3.8) is 0 Å². The number of ether oxygens (including phenoxy) is 1. The van der Waals surface area contributed by atoms with E-state index in [1.165, 1.54) is 12.1 Å². The first-order valence-corrected chi connectivity index (χ1v) is 10.1. The lowest BCUT2D eigenvalue weighted by molar-refractivity contribution is -0.0482. The van der Waals surface area contributed by atoms with E-state index < -0.39 is 18.7 Å². The Labute approximate surface area is 178 Å². The second-order valence-corrected chi connectivity index (χ2v) is 7.71. The van der Waals surface area contributed by atoms with Crippen LogP contribution < -0.4 is 4.74 Å². The Morgan fingerprint density at radius 1 is 0.968 bits per heavy atom. The van der Waals surface area contributed by atoms with Gasteiger partial charge in [0, 0.05) is 39.5 Å². The quantitative estimate of drug-likeness (QED) is 0.320. The van der Waals surface area contributed by atoms with Crippen LogP contribution >= 0.6 is 0 Å². The summed E-state index contributed by atoms with van der Waals surface area (Å²) in [6, 6.07) is 19.8. The SMILES string of the molecule is CCn1c2ccccc2c2cc(C(=O)c3ccc(OCC(C)(F)C(F)F)cc3)ccc21. The van der Waals surface area contributed by atoms with Gasteiger partial charge in [0.2, 0.25) is 5.67 Å². The second kappa shape index (κ2) is 8.10. The number of halogens is 3. The number of hydrogen-bond donors (Lipinski definition) is 0. The van der Waals surface area contributed by atoms with Gasteiger partial charge in [-0.15, -0.1) is 0 Å². The minimum absolute atomic E-state index is 0.162. The van der Waals surface area contributed by atoms with Crippen LogP contribution in [-0.2, 0) is 6.54 Å². The van der Waals surface area contributed by atoms with Crippen molar-refractivity contribution in [3.05, 3.63) is 77.9 Å². The fourth-order valence-corrected chi connectivity index (χ4v) is 3.69. The highest BCUT2D eigenvalue weighted by atomic mass is 19.3. The minimum atomic E-state index is -3.14. The first-order valence-electron chi connectivity index (χ1n) is 10.1. The van der Waals surface area contributed by atoms with Crippen LogP contribution in [-0.4, -0.2) is 29.1 Å². The lowest BCUT2D eigenvalue weighted by Crippen LogP contribution is -2.35. The number of aryl methyl sites for hydroxylation is 1. The van der Waals surface area contributed by atoms with Crippen molar-refractivity contribution in [1.82, 2.24) is 4.57 Å². The summed E-state index contributed by atoms with van der Waals surface area (Å²) in [6.07, 6.45) is -3.14. The number of hydrogen-bond acceptors (Lipinski definition) is 2. The van der Waals surface area contributed by atoms with E-state index in [1.807, 2.05) is 30.3 Å². The van der Waals surface area contributed by atoms with Crippen LogP contribution in [0.15, 0.2) is 66.7 Å². The molecule has 0 aliphatic heterocycles. The standard InChI is InChI=1S/C25H22F3NO2/c1-3-29-21-7-5-4-6-19(21)20-14-17(10-13-22(20)29)23(30)16-8-11-18(12-9-16)31-15-25(2,28)24(26)27/h4-14,24H,3,15H2,1-2H3. The summed E-state index contributed by atoms with van der Waals surface area (Å²) < 4.78 is 46.2. The van der Waals surface area contributed by atoms with E-state index in [1.54, 1.807) is 18.2 Å². The molecule has 0 bridgehead atoms. The highest BCUT2D eigenvalue weighted by Crippen LogP contribution is 2.30. The van der Waals surface area contributed by atoms with Crippen molar-refractivity contribution < 1.29 is 22.7 Å². The molecule has 1 unspecified atom stereocenters. The van der Waals surface area contributed by atoms with Crippen LogP contribution in [0, 0.1) is 0 Å². The largest absolute Gasteiger partial charge is 0.490 e. The number of benzene rings is 3. The highest BCUT2D eigenvalue weighted by molar-refractivity contribution is 6.14. The zero-order valence-corrected chi connectivity index (χ0v) is 17.2. The summed E-state index contributed by atoms with van der Waals surface area (Å²) in [5.74, 6) is 0.0623. The van der Waals surface area contributed by atoms with Crippen LogP contribution in [0.25, 0.3) is 21.8 Å². The monoisotopic (exact) mass is 425 g/mol. The number of para-hydroxylation sites is 1. The van der Waals surface area contributed by atoms with Gasteiger partial charge in [0.05, 0.1) is 0 Å². The van der Waals surface area contributed by atoms with E-state index in [4.69, 9.17) is 4.74 Å². The van der Waals surface area contributed by atoms with Crippen LogP contribution in [0.4, 0.5) is 13.2 Å². The third-order valence-corrected chi connectivity index (χ3v) is 5.44. The average Bonchev–Trinajstić information content (AvgIpc) is 3.10. The summed E-state index contributed by atoms with van der Waals surface area (Å²) in [5.41, 5.74) is 0.436. The molecule has 31 heavy (non-hydrogen) atoms. The lowest BCUT2D eigenvalue weighted by atomic mass is 10.0. The van der Waals surface area contributed by atoms with Crippen molar-refractivity contribution in [1.29, 1.82) is 0 Å². The fraction of sp³-hybridized carbons (Fsp3) is 0.240. The summed E-state index contributed by atoms with van der Waals surface area (Å²) in [6.45, 7) is 2.93. The Hall–Kier alpha value is -3.28. The van der Waals surface area contributed by atoms with Crippen LogP contribution in [0.3, 0.4) is 0 Å². The molecule has 6 heteroatoms. The molecule has 3 nitrogen and oxygen atoms in total. The van der Waals surface area contributed by atoms with Gasteiger partial charge in [0.15, 0.2) is 5.78 Å². The van der Waals surface area contributed by atoms with Gasteiger partial charge >= 0.3 is 0 Å². The Morgan fingerprint density at radius 3 is 2.29 bits per heavy atom. The first kappa shape index (κ1) is 21.0. The van der Waals surface area contributed by atoms with Crippen LogP contribution in [0.2, 0.25) is 0 Å². The summed E-state index contributed by atoms with van der Waals surface area (Å²) in [4.78, 5) is 13.0. The Bertz CT molecular complexity index is 1240. The maximum atomic E-state index is 13.7. The molecule has 0 radical (unpaired) electrons. The van der Waals surface area contributed by atoms with E-state index in [0.717, 1.165) is 35.3 Å². The normalized spacial score (nSPS) is 13.6. The van der Waals surface area contributed by atoms with E-state index >= 15 is 0 Å². The zero-order chi connectivity index (χ0) is 22.2. The predicted molar refractivity (Wildman–Crippen MR) is 116 cm³/mol. The van der Waals surface area contributed by atoms with Crippen molar-refractivity contribution in [2.45, 2.75) is 32.5 Å². The number of ketones is 1. The van der Waals surface area contributed by atoms with Gasteiger partial charge in [-0.05, 0) is 62.4 Å². The van der Waals surface area contributed by atoms with E-state index in [9.17, 15) is 18.0 Å². The van der Waals surface area contributed by atoms with Gasteiger partial charge in [-0.25, -0.2) is 13.2 Å². The first-order chi connectivity index (χ1) is 14.8. The van der Waals surface area contributed by atoms with Crippen molar-refractivity contribution in [2.24, 2.45) is 0 Å². The van der Waals surface area contributed by atoms with Crippen LogP contribution in [0.1, 0.15) is 29.8 Å². The van der Waals surface area contributed by atoms with Crippen molar-refractivity contribution in [3.8, 4) is 5.75 Å². The smallest absolute Gasteiger partial charge is 0.275 e. The Kier molecular flexibility index (Phi) is 5.48. The van der Waals surface area contributed by atoms with Gasteiger partial charge in [-0.3, -0.25) is 4.79 Å². The number of fused-ring (bicyclic) bond motifs is 3. The van der Waals surface area contributed by atoms with E-state index in [-0.39, 0.29) is 11.5 Å². The number of aromatic nitrogens is 1. The maximum Gasteiger partial charge on any atom is 0.275 e. The molecule has 0 saturated heterocycles. The zero-order valence-electron chi connectivity index (χ0n) is 17.2. The molecule has 0 amide bonds. The highest BCUT2D eigenvalue weighted by Gasteiger charge is 2.36. The Morgan fingerprint density at radius 2 is 1.61 bits per heavy atom. The Balaban J connectivity index is 1.60. The summed E-state index contributed by atoms with van der Waals surface area (Å²) in [5, 5.41) is 2.10. The lowest BCUT2D eigenvalue weighted by Gasteiger charge is -2.19. The molecule has 0 aliphatic rings. The third kappa shape index (κ3) is 3.90. The molecular formula is C25H22F3NO2. The van der Waals surface area contributed by atoms with Crippen LogP contribution in [0.5, 0.6) is 5.75 Å². The third-order valence-electron chi connectivity index (χ3n) is 5.44. The minimum Gasteiger partial charge on any atom is -0.490 e. The second-order valence-electron chi connectivity index (χ2n) is 7.71. The average molecular weight is 425 g/mol. The van der Waals surface area contributed by atoms with E-state index in [0.29, 0.717) is 11.1 Å². The number of nitrogens with zero attached hydrogens (tertiary/aromatic N) is 1. The molecule has 4 aromatic rings. The van der Waals surface area contributed by atoms with Crippen molar-refractivity contribution in [2.75, 3.05) is 6.61 Å². The van der Waals surface area contributed by atoms with Gasteiger partial charge in [-0.2, -0.15) is 0 Å². The summed E-state index contributed by atoms with van der Waals surface area (Å²) in [7, 11) is 0. The summed E-state index contributed by atoms with van der Waals surface area (Å²) >= 11 is 0. The van der Waals surface area contributed by atoms with Gasteiger partial charge in [-0.1, -0.05) is 18.2 Å². The molecule has 1 aromatic heterocycles. The molecule has 0 spiro atoms. The number of carbonyl (C=O) groups is 1. The number of carbonyl (C=O) groups excluding carboxylic acids is 1. The molecule has 1 heterocycles. The maximum absolute atomic E-state index is 13.7. The molecule has 3 aromatic carbocycles. The molecule has 1 atom stereocenters. The van der Waals surface area contributed by atoms with Gasteiger partial charge in [0.25, 0.3) is 6.43 Å². The van der Waals surface area contributed by atoms with Gasteiger partial charge < -0.3 is 9.30 Å². The number of rotatable bonds is 7.